The maximum atomic E-state index is 4.44. The Balaban J connectivity index is 2.85. The summed E-state index contributed by atoms with van der Waals surface area (Å²) in [6.07, 6.45) is 3.22. The Morgan fingerprint density at radius 2 is 2.15 bits per heavy atom. The Morgan fingerprint density at radius 1 is 1.46 bits per heavy atom. The van der Waals surface area contributed by atoms with E-state index < -0.39 is 0 Å². The summed E-state index contributed by atoms with van der Waals surface area (Å²) in [7, 11) is 2.01. The van der Waals surface area contributed by atoms with Crippen molar-refractivity contribution >= 4 is 31.9 Å². The number of hydrogen-bond donors (Lipinski definition) is 0. The highest BCUT2D eigenvalue weighted by molar-refractivity contribution is 9.10. The van der Waals surface area contributed by atoms with Crippen LogP contribution in [0.5, 0.6) is 0 Å². The first-order valence-electron chi connectivity index (χ1n) is 4.46. The zero-order chi connectivity index (χ0) is 9.84. The largest absolute Gasteiger partial charge is 0.271 e. The van der Waals surface area contributed by atoms with Gasteiger partial charge in [0.2, 0.25) is 0 Å². The first-order valence-corrected chi connectivity index (χ1v) is 6.38. The Bertz CT molecular complexity index is 281. The predicted molar refractivity (Wildman–Crippen MR) is 62.4 cm³/mol. The Morgan fingerprint density at radius 3 is 2.62 bits per heavy atom. The molecule has 0 atom stereocenters. The SMILES string of the molecule is CCc1nn(C)c(CCCBr)c1Br. The summed E-state index contributed by atoms with van der Waals surface area (Å²) in [6.45, 7) is 2.13. The molecule has 4 heteroatoms. The summed E-state index contributed by atoms with van der Waals surface area (Å²) in [5, 5.41) is 5.48. The third-order valence-electron chi connectivity index (χ3n) is 2.05. The van der Waals surface area contributed by atoms with E-state index in [-0.39, 0.29) is 0 Å². The number of aryl methyl sites for hydroxylation is 2. The highest BCUT2D eigenvalue weighted by atomic mass is 79.9. The summed E-state index contributed by atoms with van der Waals surface area (Å²) in [4.78, 5) is 0. The van der Waals surface area contributed by atoms with E-state index in [2.05, 4.69) is 43.9 Å². The van der Waals surface area contributed by atoms with Gasteiger partial charge in [0.05, 0.1) is 15.9 Å². The van der Waals surface area contributed by atoms with Gasteiger partial charge in [-0.2, -0.15) is 5.10 Å². The van der Waals surface area contributed by atoms with E-state index in [1.807, 2.05) is 11.7 Å². The molecule has 13 heavy (non-hydrogen) atoms. The van der Waals surface area contributed by atoms with Gasteiger partial charge in [-0.05, 0) is 35.2 Å². The van der Waals surface area contributed by atoms with Crippen LogP contribution in [0.3, 0.4) is 0 Å². The lowest BCUT2D eigenvalue weighted by molar-refractivity contribution is 0.689. The van der Waals surface area contributed by atoms with Crippen molar-refractivity contribution in [1.82, 2.24) is 9.78 Å². The van der Waals surface area contributed by atoms with Crippen molar-refractivity contribution in [1.29, 1.82) is 0 Å². The average Bonchev–Trinajstić information content (AvgIpc) is 2.39. The van der Waals surface area contributed by atoms with Crippen LogP contribution in [-0.4, -0.2) is 15.1 Å². The fraction of sp³-hybridized carbons (Fsp3) is 0.667. The van der Waals surface area contributed by atoms with Crippen molar-refractivity contribution in [2.45, 2.75) is 26.2 Å². The molecule has 1 rings (SSSR count). The maximum absolute atomic E-state index is 4.44. The lowest BCUT2D eigenvalue weighted by Gasteiger charge is -1.99. The predicted octanol–water partition coefficient (Wildman–Crippen LogP) is 3.07. The lowest BCUT2D eigenvalue weighted by atomic mass is 10.2. The van der Waals surface area contributed by atoms with E-state index >= 15 is 0 Å². The highest BCUT2D eigenvalue weighted by Crippen LogP contribution is 2.22. The van der Waals surface area contributed by atoms with Crippen LogP contribution in [0.4, 0.5) is 0 Å². The minimum Gasteiger partial charge on any atom is -0.271 e. The summed E-state index contributed by atoms with van der Waals surface area (Å²) < 4.78 is 3.17. The molecule has 0 aromatic carbocycles. The van der Waals surface area contributed by atoms with Crippen molar-refractivity contribution in [3.05, 3.63) is 15.9 Å². The van der Waals surface area contributed by atoms with Gasteiger partial charge in [-0.15, -0.1) is 0 Å². The van der Waals surface area contributed by atoms with Crippen LogP contribution in [-0.2, 0) is 19.9 Å². The monoisotopic (exact) mass is 308 g/mol. The second kappa shape index (κ2) is 5.15. The standard InChI is InChI=1S/C9H14Br2N2/c1-3-7-9(11)8(5-4-6-10)13(2)12-7/h3-6H2,1-2H3. The summed E-state index contributed by atoms with van der Waals surface area (Å²) >= 11 is 7.03. The van der Waals surface area contributed by atoms with E-state index in [1.54, 1.807) is 0 Å². The summed E-state index contributed by atoms with van der Waals surface area (Å²) in [5.74, 6) is 0. The van der Waals surface area contributed by atoms with Crippen molar-refractivity contribution in [2.24, 2.45) is 7.05 Å². The number of alkyl halides is 1. The molecule has 1 aromatic rings. The van der Waals surface area contributed by atoms with E-state index in [9.17, 15) is 0 Å². The zero-order valence-electron chi connectivity index (χ0n) is 7.98. The van der Waals surface area contributed by atoms with Crippen LogP contribution in [0.25, 0.3) is 0 Å². The van der Waals surface area contributed by atoms with Gasteiger partial charge in [0.15, 0.2) is 0 Å². The lowest BCUT2D eigenvalue weighted by Crippen LogP contribution is -1.98. The van der Waals surface area contributed by atoms with Crippen molar-refractivity contribution in [2.75, 3.05) is 5.33 Å². The molecule has 74 valence electrons. The fourth-order valence-electron chi connectivity index (χ4n) is 1.33. The van der Waals surface area contributed by atoms with Gasteiger partial charge < -0.3 is 0 Å². The molecule has 0 spiro atoms. The third-order valence-corrected chi connectivity index (χ3v) is 3.53. The average molecular weight is 310 g/mol. The fourth-order valence-corrected chi connectivity index (χ4v) is 2.42. The molecule has 0 bridgehead atoms. The van der Waals surface area contributed by atoms with Crippen molar-refractivity contribution in [3.63, 3.8) is 0 Å². The van der Waals surface area contributed by atoms with E-state index in [1.165, 1.54) is 10.2 Å². The number of halogens is 2. The van der Waals surface area contributed by atoms with Crippen LogP contribution in [0.2, 0.25) is 0 Å². The van der Waals surface area contributed by atoms with Crippen molar-refractivity contribution in [3.8, 4) is 0 Å². The molecule has 0 fully saturated rings. The molecule has 1 aromatic heterocycles. The molecule has 0 saturated carbocycles. The molecule has 0 saturated heterocycles. The number of rotatable bonds is 4. The van der Waals surface area contributed by atoms with Gasteiger partial charge >= 0.3 is 0 Å². The molecular formula is C9H14Br2N2. The van der Waals surface area contributed by atoms with Gasteiger partial charge in [0.1, 0.15) is 0 Å². The van der Waals surface area contributed by atoms with Gasteiger partial charge in [-0.1, -0.05) is 22.9 Å². The van der Waals surface area contributed by atoms with Crippen LogP contribution in [0.15, 0.2) is 4.47 Å². The van der Waals surface area contributed by atoms with Crippen LogP contribution >= 0.6 is 31.9 Å². The molecule has 0 unspecified atom stereocenters. The Labute approximate surface area is 96.0 Å². The van der Waals surface area contributed by atoms with E-state index in [0.717, 1.165) is 30.3 Å². The molecule has 0 aliphatic heterocycles. The first kappa shape index (κ1) is 11.2. The van der Waals surface area contributed by atoms with Gasteiger partial charge in [0, 0.05) is 12.4 Å². The molecule has 0 aliphatic carbocycles. The minimum absolute atomic E-state index is 0.989. The molecule has 0 radical (unpaired) electrons. The Kier molecular flexibility index (Phi) is 4.46. The highest BCUT2D eigenvalue weighted by Gasteiger charge is 2.11. The van der Waals surface area contributed by atoms with Crippen LogP contribution in [0, 0.1) is 0 Å². The van der Waals surface area contributed by atoms with Gasteiger partial charge in [0.25, 0.3) is 0 Å². The maximum Gasteiger partial charge on any atom is 0.0766 e. The zero-order valence-corrected chi connectivity index (χ0v) is 11.2. The number of hydrogen-bond acceptors (Lipinski definition) is 1. The van der Waals surface area contributed by atoms with Crippen molar-refractivity contribution < 1.29 is 0 Å². The normalized spacial score (nSPS) is 10.8. The molecule has 0 N–H and O–H groups in total. The summed E-state index contributed by atoms with van der Waals surface area (Å²) in [6, 6.07) is 0. The number of nitrogens with zero attached hydrogens (tertiary/aromatic N) is 2. The molecule has 0 amide bonds. The summed E-state index contributed by atoms with van der Waals surface area (Å²) in [5.41, 5.74) is 2.46. The number of aromatic nitrogens is 2. The molecule has 0 aliphatic rings. The second-order valence-corrected chi connectivity index (χ2v) is 4.56. The molecule has 1 heterocycles. The van der Waals surface area contributed by atoms with Gasteiger partial charge in [-0.3, -0.25) is 4.68 Å². The first-order chi connectivity index (χ1) is 6.20. The second-order valence-electron chi connectivity index (χ2n) is 2.98. The minimum atomic E-state index is 0.989. The van der Waals surface area contributed by atoms with E-state index in [4.69, 9.17) is 0 Å². The van der Waals surface area contributed by atoms with Gasteiger partial charge in [-0.25, -0.2) is 0 Å². The van der Waals surface area contributed by atoms with E-state index in [0.29, 0.717) is 0 Å². The molecular weight excluding hydrogens is 296 g/mol. The topological polar surface area (TPSA) is 17.8 Å². The quantitative estimate of drug-likeness (QED) is 0.782. The smallest absolute Gasteiger partial charge is 0.0766 e. The van der Waals surface area contributed by atoms with Crippen LogP contribution < -0.4 is 0 Å². The van der Waals surface area contributed by atoms with Crippen LogP contribution in [0.1, 0.15) is 24.7 Å². The Hall–Kier alpha value is 0.170. The molecule has 2 nitrogen and oxygen atoms in total. The third kappa shape index (κ3) is 2.56.